The molecule has 1 aromatic heterocycles. The summed E-state index contributed by atoms with van der Waals surface area (Å²) in [5, 5.41) is 0.573. The van der Waals surface area contributed by atoms with E-state index in [2.05, 4.69) is 0 Å². The topological polar surface area (TPSA) is 56.5 Å². The first-order chi connectivity index (χ1) is 10.2. The second kappa shape index (κ2) is 5.25. The molecule has 2 aromatic carbocycles. The van der Waals surface area contributed by atoms with Gasteiger partial charge in [0, 0.05) is 16.5 Å². The first-order valence-electron chi connectivity index (χ1n) is 6.40. The van der Waals surface area contributed by atoms with E-state index in [0.29, 0.717) is 27.8 Å². The summed E-state index contributed by atoms with van der Waals surface area (Å²) < 4.78 is 10.8. The van der Waals surface area contributed by atoms with Crippen LogP contribution in [0.5, 0.6) is 5.75 Å². The Kier molecular flexibility index (Phi) is 3.28. The molecule has 0 fully saturated rings. The quantitative estimate of drug-likeness (QED) is 0.542. The molecule has 0 saturated carbocycles. The number of methoxy groups -OCH3 is 1. The third-order valence-corrected chi connectivity index (χ3v) is 3.29. The molecule has 0 aliphatic rings. The third kappa shape index (κ3) is 2.21. The van der Waals surface area contributed by atoms with Crippen molar-refractivity contribution in [3.63, 3.8) is 0 Å². The lowest BCUT2D eigenvalue weighted by molar-refractivity contribution is 0.101. The van der Waals surface area contributed by atoms with Crippen LogP contribution in [0.15, 0.2) is 52.9 Å². The molecule has 0 aliphatic carbocycles. The van der Waals surface area contributed by atoms with Crippen molar-refractivity contribution in [2.75, 3.05) is 7.11 Å². The van der Waals surface area contributed by atoms with Gasteiger partial charge in [-0.25, -0.2) is 0 Å². The Balaban J connectivity index is 2.17. The maximum absolute atomic E-state index is 12.4. The predicted octanol–water partition coefficient (Wildman–Crippen LogP) is 3.48. The summed E-state index contributed by atoms with van der Waals surface area (Å²) in [4.78, 5) is 23.5. The Hall–Kier alpha value is -2.88. The highest BCUT2D eigenvalue weighted by molar-refractivity contribution is 6.10. The van der Waals surface area contributed by atoms with Crippen LogP contribution in [-0.2, 0) is 0 Å². The first kappa shape index (κ1) is 13.1. The molecule has 0 N–H and O–H groups in total. The number of rotatable bonds is 4. The Bertz CT molecular complexity index is 815. The van der Waals surface area contributed by atoms with E-state index in [1.165, 1.54) is 7.11 Å². The van der Waals surface area contributed by atoms with E-state index >= 15 is 0 Å². The van der Waals surface area contributed by atoms with Crippen LogP contribution >= 0.6 is 0 Å². The number of benzene rings is 2. The van der Waals surface area contributed by atoms with Gasteiger partial charge in [0.05, 0.1) is 7.11 Å². The molecule has 0 amide bonds. The second-order valence-electron chi connectivity index (χ2n) is 4.52. The van der Waals surface area contributed by atoms with Crippen LogP contribution in [0, 0.1) is 0 Å². The third-order valence-electron chi connectivity index (χ3n) is 3.29. The lowest BCUT2D eigenvalue weighted by atomic mass is 10.1. The van der Waals surface area contributed by atoms with Gasteiger partial charge in [0.15, 0.2) is 23.4 Å². The van der Waals surface area contributed by atoms with Gasteiger partial charge < -0.3 is 9.15 Å². The van der Waals surface area contributed by atoms with Crippen molar-refractivity contribution >= 4 is 23.0 Å². The predicted molar refractivity (Wildman–Crippen MR) is 78.0 cm³/mol. The number of carbonyl (C=O) groups excluding carboxylic acids is 2. The maximum atomic E-state index is 12.4. The second-order valence-corrected chi connectivity index (χ2v) is 4.52. The van der Waals surface area contributed by atoms with Gasteiger partial charge in [0.2, 0.25) is 5.78 Å². The minimum absolute atomic E-state index is 0.184. The minimum Gasteiger partial charge on any atom is -0.493 e. The van der Waals surface area contributed by atoms with Crippen molar-refractivity contribution in [3.05, 3.63) is 65.4 Å². The number of aldehydes is 1. The van der Waals surface area contributed by atoms with Crippen LogP contribution in [-0.4, -0.2) is 19.2 Å². The van der Waals surface area contributed by atoms with Gasteiger partial charge >= 0.3 is 0 Å². The van der Waals surface area contributed by atoms with Crippen molar-refractivity contribution in [3.8, 4) is 5.75 Å². The van der Waals surface area contributed by atoms with Crippen LogP contribution in [0.25, 0.3) is 11.0 Å². The van der Waals surface area contributed by atoms with Gasteiger partial charge in [-0.05, 0) is 18.2 Å². The number of hydrogen-bond donors (Lipinski definition) is 0. The normalized spacial score (nSPS) is 10.5. The van der Waals surface area contributed by atoms with Crippen LogP contribution in [0.2, 0.25) is 0 Å². The fourth-order valence-electron chi connectivity index (χ4n) is 2.23. The summed E-state index contributed by atoms with van der Waals surface area (Å²) in [5.41, 5.74) is 1.39. The van der Waals surface area contributed by atoms with Crippen LogP contribution in [0.4, 0.5) is 0 Å². The Morgan fingerprint density at radius 1 is 1.14 bits per heavy atom. The lowest BCUT2D eigenvalue weighted by Crippen LogP contribution is -1.98. The molecule has 21 heavy (non-hydrogen) atoms. The van der Waals surface area contributed by atoms with E-state index in [9.17, 15) is 9.59 Å². The highest BCUT2D eigenvalue weighted by Gasteiger charge is 2.18. The van der Waals surface area contributed by atoms with E-state index in [0.717, 1.165) is 6.29 Å². The fourth-order valence-corrected chi connectivity index (χ4v) is 2.23. The first-order valence-corrected chi connectivity index (χ1v) is 6.40. The summed E-state index contributed by atoms with van der Waals surface area (Å²) in [6, 6.07) is 13.7. The average Bonchev–Trinajstić information content (AvgIpc) is 2.99. The molecular formula is C17H12O4. The molecule has 1 heterocycles. The van der Waals surface area contributed by atoms with Gasteiger partial charge in [0.25, 0.3) is 0 Å². The molecule has 3 aromatic rings. The summed E-state index contributed by atoms with van der Waals surface area (Å²) >= 11 is 0. The smallest absolute Gasteiger partial charge is 0.228 e. The van der Waals surface area contributed by atoms with E-state index in [4.69, 9.17) is 9.15 Å². The number of carbonyl (C=O) groups is 2. The maximum Gasteiger partial charge on any atom is 0.228 e. The number of ether oxygens (including phenoxy) is 1. The highest BCUT2D eigenvalue weighted by atomic mass is 16.5. The van der Waals surface area contributed by atoms with Crippen LogP contribution < -0.4 is 4.74 Å². The van der Waals surface area contributed by atoms with E-state index in [-0.39, 0.29) is 11.5 Å². The summed E-state index contributed by atoms with van der Waals surface area (Å²) in [5.74, 6) is 0.442. The Morgan fingerprint density at radius 2 is 1.90 bits per heavy atom. The van der Waals surface area contributed by atoms with E-state index in [1.807, 2.05) is 6.07 Å². The van der Waals surface area contributed by atoms with Crippen LogP contribution in [0.1, 0.15) is 26.5 Å². The van der Waals surface area contributed by atoms with Gasteiger partial charge in [-0.2, -0.15) is 0 Å². The average molecular weight is 280 g/mol. The SMILES string of the molecule is COc1ccc(C=O)c2cc(C(=O)c3ccccc3)oc12. The van der Waals surface area contributed by atoms with Gasteiger partial charge in [-0.15, -0.1) is 0 Å². The summed E-state index contributed by atoms with van der Waals surface area (Å²) in [6.45, 7) is 0. The Morgan fingerprint density at radius 3 is 2.57 bits per heavy atom. The van der Waals surface area contributed by atoms with Gasteiger partial charge in [-0.3, -0.25) is 9.59 Å². The summed E-state index contributed by atoms with van der Waals surface area (Å²) in [7, 11) is 1.51. The number of hydrogen-bond acceptors (Lipinski definition) is 4. The molecule has 0 bridgehead atoms. The Labute approximate surface area is 120 Å². The largest absolute Gasteiger partial charge is 0.493 e. The molecular weight excluding hydrogens is 268 g/mol. The van der Waals surface area contributed by atoms with Crippen molar-refractivity contribution in [2.24, 2.45) is 0 Å². The molecule has 0 atom stereocenters. The zero-order valence-corrected chi connectivity index (χ0v) is 11.3. The molecule has 4 heteroatoms. The van der Waals surface area contributed by atoms with E-state index < -0.39 is 0 Å². The standard InChI is InChI=1S/C17H12O4/c1-20-14-8-7-12(10-18)13-9-15(21-17(13)14)16(19)11-5-3-2-4-6-11/h2-10H,1H3. The highest BCUT2D eigenvalue weighted by Crippen LogP contribution is 2.31. The van der Waals surface area contributed by atoms with E-state index in [1.54, 1.807) is 42.5 Å². The van der Waals surface area contributed by atoms with Crippen molar-refractivity contribution < 1.29 is 18.7 Å². The lowest BCUT2D eigenvalue weighted by Gasteiger charge is -2.01. The monoisotopic (exact) mass is 280 g/mol. The molecule has 0 saturated heterocycles. The number of furan rings is 1. The molecule has 0 unspecified atom stereocenters. The molecule has 0 radical (unpaired) electrons. The van der Waals surface area contributed by atoms with Crippen molar-refractivity contribution in [1.82, 2.24) is 0 Å². The molecule has 4 nitrogen and oxygen atoms in total. The van der Waals surface area contributed by atoms with Crippen molar-refractivity contribution in [2.45, 2.75) is 0 Å². The van der Waals surface area contributed by atoms with Crippen molar-refractivity contribution in [1.29, 1.82) is 0 Å². The van der Waals surface area contributed by atoms with Gasteiger partial charge in [-0.1, -0.05) is 30.3 Å². The zero-order chi connectivity index (χ0) is 14.8. The zero-order valence-electron chi connectivity index (χ0n) is 11.3. The van der Waals surface area contributed by atoms with Crippen LogP contribution in [0.3, 0.4) is 0 Å². The molecule has 0 spiro atoms. The molecule has 3 rings (SSSR count). The molecule has 104 valence electrons. The van der Waals surface area contributed by atoms with Gasteiger partial charge in [0.1, 0.15) is 0 Å². The molecule has 0 aliphatic heterocycles. The minimum atomic E-state index is -0.231. The summed E-state index contributed by atoms with van der Waals surface area (Å²) in [6.07, 6.45) is 0.730. The fraction of sp³-hybridized carbons (Fsp3) is 0.0588. The number of fused-ring (bicyclic) bond motifs is 1. The number of ketones is 1.